The van der Waals surface area contributed by atoms with Crippen LogP contribution < -0.4 is 5.73 Å². The Morgan fingerprint density at radius 2 is 2.19 bits per heavy atom. The second-order valence-corrected chi connectivity index (χ2v) is 6.03. The van der Waals surface area contributed by atoms with Gasteiger partial charge in [-0.25, -0.2) is 0 Å². The Morgan fingerprint density at radius 3 is 2.81 bits per heavy atom. The highest BCUT2D eigenvalue weighted by Crippen LogP contribution is 2.27. The Morgan fingerprint density at radius 1 is 1.38 bits per heavy atom. The van der Waals surface area contributed by atoms with Crippen LogP contribution in [0.25, 0.3) is 0 Å². The molecule has 1 aliphatic heterocycles. The summed E-state index contributed by atoms with van der Waals surface area (Å²) in [6, 6.07) is 0.467. The normalized spacial score (nSPS) is 35.4. The van der Waals surface area contributed by atoms with Gasteiger partial charge < -0.3 is 10.5 Å². The van der Waals surface area contributed by atoms with E-state index in [1.807, 2.05) is 0 Å². The molecule has 2 rings (SSSR count). The first-order chi connectivity index (χ1) is 7.57. The lowest BCUT2D eigenvalue weighted by Gasteiger charge is -2.38. The monoisotopic (exact) mass is 226 g/mol. The molecule has 1 heterocycles. The maximum absolute atomic E-state index is 6.10. The molecule has 94 valence electrons. The van der Waals surface area contributed by atoms with Crippen LogP contribution in [0, 0.1) is 5.92 Å². The maximum Gasteiger partial charge on any atom is 0.0753 e. The summed E-state index contributed by atoms with van der Waals surface area (Å²) < 4.78 is 5.72. The van der Waals surface area contributed by atoms with E-state index in [0.29, 0.717) is 6.04 Å². The van der Waals surface area contributed by atoms with Crippen LogP contribution in [0.4, 0.5) is 0 Å². The smallest absolute Gasteiger partial charge is 0.0753 e. The Labute approximate surface area is 99.3 Å². The van der Waals surface area contributed by atoms with Crippen LogP contribution in [0.15, 0.2) is 0 Å². The van der Waals surface area contributed by atoms with E-state index < -0.39 is 0 Å². The van der Waals surface area contributed by atoms with Gasteiger partial charge in [0, 0.05) is 19.1 Å². The third-order valence-corrected chi connectivity index (χ3v) is 4.04. The fraction of sp³-hybridized carbons (Fsp3) is 1.00. The molecule has 0 aromatic rings. The molecule has 0 radical (unpaired) electrons. The molecular formula is C13H26N2O. The fourth-order valence-corrected chi connectivity index (χ4v) is 3.08. The van der Waals surface area contributed by atoms with Crippen LogP contribution in [0.5, 0.6) is 0 Å². The Hall–Kier alpha value is -0.120. The number of hydrogen-bond donors (Lipinski definition) is 1. The van der Waals surface area contributed by atoms with Crippen LogP contribution in [-0.2, 0) is 4.74 Å². The van der Waals surface area contributed by atoms with Crippen molar-refractivity contribution in [1.29, 1.82) is 0 Å². The van der Waals surface area contributed by atoms with Crippen LogP contribution in [0.2, 0.25) is 0 Å². The summed E-state index contributed by atoms with van der Waals surface area (Å²) in [6.45, 7) is 8.59. The molecule has 1 saturated heterocycles. The van der Waals surface area contributed by atoms with Gasteiger partial charge in [0.2, 0.25) is 0 Å². The highest BCUT2D eigenvalue weighted by atomic mass is 16.5. The fourth-order valence-electron chi connectivity index (χ4n) is 3.08. The van der Waals surface area contributed by atoms with Crippen molar-refractivity contribution in [2.45, 2.75) is 51.2 Å². The number of nitrogens with zero attached hydrogens (tertiary/aromatic N) is 1. The summed E-state index contributed by atoms with van der Waals surface area (Å²) in [5, 5.41) is 0. The number of nitrogens with two attached hydrogens (primary N) is 1. The highest BCUT2D eigenvalue weighted by molar-refractivity contribution is 4.83. The molecule has 0 amide bonds. The molecule has 2 aliphatic rings. The van der Waals surface area contributed by atoms with Crippen LogP contribution in [0.1, 0.15) is 39.5 Å². The van der Waals surface area contributed by atoms with Gasteiger partial charge in [0.25, 0.3) is 0 Å². The van der Waals surface area contributed by atoms with Crippen molar-refractivity contribution in [2.24, 2.45) is 11.7 Å². The van der Waals surface area contributed by atoms with Gasteiger partial charge in [-0.3, -0.25) is 4.90 Å². The lowest BCUT2D eigenvalue weighted by atomic mass is 9.99. The Balaban J connectivity index is 1.73. The van der Waals surface area contributed by atoms with Crippen molar-refractivity contribution in [3.63, 3.8) is 0 Å². The standard InChI is InChI=1S/C13H26N2O/c1-13(2)10-15(8-9-16-13)7-6-11-4-3-5-12(11)14/h11-12H,3-10,14H2,1-2H3. The van der Waals surface area contributed by atoms with E-state index in [1.165, 1.54) is 32.2 Å². The molecule has 3 nitrogen and oxygen atoms in total. The molecular weight excluding hydrogens is 200 g/mol. The molecule has 2 N–H and O–H groups in total. The van der Waals surface area contributed by atoms with Gasteiger partial charge >= 0.3 is 0 Å². The van der Waals surface area contributed by atoms with Gasteiger partial charge in [-0.15, -0.1) is 0 Å². The van der Waals surface area contributed by atoms with Crippen molar-refractivity contribution in [3.8, 4) is 0 Å². The van der Waals surface area contributed by atoms with E-state index in [4.69, 9.17) is 10.5 Å². The second kappa shape index (κ2) is 5.03. The second-order valence-electron chi connectivity index (χ2n) is 6.03. The van der Waals surface area contributed by atoms with E-state index in [1.54, 1.807) is 0 Å². The Bertz CT molecular complexity index is 230. The van der Waals surface area contributed by atoms with E-state index in [9.17, 15) is 0 Å². The maximum atomic E-state index is 6.10. The minimum absolute atomic E-state index is 0.0377. The molecule has 3 heteroatoms. The summed E-state index contributed by atoms with van der Waals surface area (Å²) in [7, 11) is 0. The van der Waals surface area contributed by atoms with E-state index in [0.717, 1.165) is 25.6 Å². The minimum Gasteiger partial charge on any atom is -0.373 e. The summed E-state index contributed by atoms with van der Waals surface area (Å²) in [4.78, 5) is 2.54. The summed E-state index contributed by atoms with van der Waals surface area (Å²) in [6.07, 6.45) is 5.19. The summed E-state index contributed by atoms with van der Waals surface area (Å²) in [5.41, 5.74) is 6.14. The van der Waals surface area contributed by atoms with E-state index >= 15 is 0 Å². The largest absolute Gasteiger partial charge is 0.373 e. The first-order valence-corrected chi connectivity index (χ1v) is 6.69. The summed E-state index contributed by atoms with van der Waals surface area (Å²) in [5.74, 6) is 0.769. The van der Waals surface area contributed by atoms with E-state index in [-0.39, 0.29) is 5.60 Å². The average molecular weight is 226 g/mol. The van der Waals surface area contributed by atoms with Gasteiger partial charge in [-0.05, 0) is 45.6 Å². The van der Waals surface area contributed by atoms with Crippen molar-refractivity contribution in [2.75, 3.05) is 26.2 Å². The molecule has 0 bridgehead atoms. The van der Waals surface area contributed by atoms with Crippen molar-refractivity contribution >= 4 is 0 Å². The first-order valence-electron chi connectivity index (χ1n) is 6.69. The SMILES string of the molecule is CC1(C)CN(CCC2CCCC2N)CCO1. The Kier molecular flexibility index (Phi) is 3.88. The third-order valence-electron chi connectivity index (χ3n) is 4.04. The van der Waals surface area contributed by atoms with Gasteiger partial charge in [0.05, 0.1) is 12.2 Å². The highest BCUT2D eigenvalue weighted by Gasteiger charge is 2.29. The predicted octanol–water partition coefficient (Wildman–Crippen LogP) is 1.61. The summed E-state index contributed by atoms with van der Waals surface area (Å²) >= 11 is 0. The number of hydrogen-bond acceptors (Lipinski definition) is 3. The third kappa shape index (κ3) is 3.19. The quantitative estimate of drug-likeness (QED) is 0.794. The van der Waals surface area contributed by atoms with Crippen LogP contribution in [0.3, 0.4) is 0 Å². The van der Waals surface area contributed by atoms with Crippen molar-refractivity contribution < 1.29 is 4.74 Å². The van der Waals surface area contributed by atoms with Gasteiger partial charge in [0.1, 0.15) is 0 Å². The number of morpholine rings is 1. The minimum atomic E-state index is 0.0377. The van der Waals surface area contributed by atoms with Crippen molar-refractivity contribution in [1.82, 2.24) is 4.90 Å². The zero-order valence-electron chi connectivity index (χ0n) is 10.7. The molecule has 2 unspecified atom stereocenters. The molecule has 0 aromatic carbocycles. The molecule has 16 heavy (non-hydrogen) atoms. The zero-order chi connectivity index (χ0) is 11.6. The lowest BCUT2D eigenvalue weighted by Crippen LogP contribution is -2.48. The zero-order valence-corrected chi connectivity index (χ0v) is 10.7. The topological polar surface area (TPSA) is 38.5 Å². The molecule has 0 aromatic heterocycles. The average Bonchev–Trinajstić information content (AvgIpc) is 2.60. The number of ether oxygens (including phenoxy) is 1. The first kappa shape index (κ1) is 12.3. The van der Waals surface area contributed by atoms with Gasteiger partial charge in [0.15, 0.2) is 0 Å². The molecule has 2 fully saturated rings. The van der Waals surface area contributed by atoms with Crippen LogP contribution >= 0.6 is 0 Å². The number of rotatable bonds is 3. The molecule has 2 atom stereocenters. The molecule has 0 spiro atoms. The van der Waals surface area contributed by atoms with Gasteiger partial charge in [-0.2, -0.15) is 0 Å². The molecule has 1 saturated carbocycles. The van der Waals surface area contributed by atoms with E-state index in [2.05, 4.69) is 18.7 Å². The van der Waals surface area contributed by atoms with Crippen molar-refractivity contribution in [3.05, 3.63) is 0 Å². The predicted molar refractivity (Wildman–Crippen MR) is 66.4 cm³/mol. The molecule has 1 aliphatic carbocycles. The van der Waals surface area contributed by atoms with Gasteiger partial charge in [-0.1, -0.05) is 6.42 Å². The van der Waals surface area contributed by atoms with Crippen LogP contribution in [-0.4, -0.2) is 42.8 Å². The lowest BCUT2D eigenvalue weighted by molar-refractivity contribution is -0.0867.